The summed E-state index contributed by atoms with van der Waals surface area (Å²) in [4.78, 5) is 26.6. The van der Waals surface area contributed by atoms with Crippen LogP contribution in [0.25, 0.3) is 0 Å². The molecule has 0 unspecified atom stereocenters. The summed E-state index contributed by atoms with van der Waals surface area (Å²) >= 11 is 0. The van der Waals surface area contributed by atoms with Crippen molar-refractivity contribution in [2.24, 2.45) is 0 Å². The molecule has 3 nitrogen and oxygen atoms in total. The van der Waals surface area contributed by atoms with Crippen LogP contribution in [-0.2, 0) is 6.54 Å². The van der Waals surface area contributed by atoms with E-state index in [-0.39, 0.29) is 11.6 Å². The van der Waals surface area contributed by atoms with Gasteiger partial charge in [-0.1, -0.05) is 24.3 Å². The number of ketones is 2. The van der Waals surface area contributed by atoms with Gasteiger partial charge in [-0.2, -0.15) is 0 Å². The van der Waals surface area contributed by atoms with Crippen LogP contribution in [0.1, 0.15) is 45.7 Å². The first-order chi connectivity index (χ1) is 10.1. The molecular weight excluding hydrogens is 262 g/mol. The second-order valence-electron chi connectivity index (χ2n) is 5.29. The molecule has 1 aliphatic heterocycles. The van der Waals surface area contributed by atoms with E-state index in [1.807, 2.05) is 30.3 Å². The van der Waals surface area contributed by atoms with E-state index in [0.29, 0.717) is 17.7 Å². The van der Waals surface area contributed by atoms with Gasteiger partial charge in [0.25, 0.3) is 0 Å². The van der Waals surface area contributed by atoms with Crippen molar-refractivity contribution in [2.75, 3.05) is 11.4 Å². The molecular formula is C18H17NO2. The van der Waals surface area contributed by atoms with Crippen molar-refractivity contribution >= 4 is 17.3 Å². The van der Waals surface area contributed by atoms with Crippen LogP contribution < -0.4 is 4.90 Å². The Morgan fingerprint density at radius 3 is 2.62 bits per heavy atom. The molecule has 3 rings (SSSR count). The fourth-order valence-electron chi connectivity index (χ4n) is 2.81. The number of carbonyl (C=O) groups excluding carboxylic acids is 2. The van der Waals surface area contributed by atoms with Crippen LogP contribution in [0.3, 0.4) is 0 Å². The Hall–Kier alpha value is -2.42. The van der Waals surface area contributed by atoms with Gasteiger partial charge in [0.15, 0.2) is 11.6 Å². The van der Waals surface area contributed by atoms with Gasteiger partial charge in [0.1, 0.15) is 0 Å². The highest BCUT2D eigenvalue weighted by molar-refractivity contribution is 6.15. The Morgan fingerprint density at radius 1 is 1.14 bits per heavy atom. The Morgan fingerprint density at radius 2 is 1.90 bits per heavy atom. The van der Waals surface area contributed by atoms with Gasteiger partial charge >= 0.3 is 0 Å². The minimum absolute atomic E-state index is 0.000324. The minimum Gasteiger partial charge on any atom is -0.367 e. The largest absolute Gasteiger partial charge is 0.367 e. The van der Waals surface area contributed by atoms with Crippen molar-refractivity contribution in [2.45, 2.75) is 20.4 Å². The Labute approximate surface area is 124 Å². The van der Waals surface area contributed by atoms with Crippen LogP contribution in [0.5, 0.6) is 0 Å². The molecule has 0 saturated heterocycles. The van der Waals surface area contributed by atoms with Crippen molar-refractivity contribution in [1.29, 1.82) is 0 Å². The van der Waals surface area contributed by atoms with Gasteiger partial charge in [-0.15, -0.1) is 0 Å². The summed E-state index contributed by atoms with van der Waals surface area (Å²) in [6.45, 7) is 5.12. The summed E-state index contributed by atoms with van der Waals surface area (Å²) in [6.07, 6.45) is 0. The van der Waals surface area contributed by atoms with Gasteiger partial charge in [-0.3, -0.25) is 9.59 Å². The van der Waals surface area contributed by atoms with Crippen LogP contribution in [0.2, 0.25) is 0 Å². The van der Waals surface area contributed by atoms with Gasteiger partial charge in [0, 0.05) is 35.5 Å². The number of rotatable bonds is 2. The third-order valence-electron chi connectivity index (χ3n) is 3.99. The Balaban J connectivity index is 2.24. The predicted molar refractivity (Wildman–Crippen MR) is 83.0 cm³/mol. The van der Waals surface area contributed by atoms with Crippen molar-refractivity contribution < 1.29 is 9.59 Å². The second-order valence-corrected chi connectivity index (χ2v) is 5.29. The molecule has 0 amide bonds. The topological polar surface area (TPSA) is 37.4 Å². The predicted octanol–water partition coefficient (Wildman–Crippen LogP) is 3.46. The summed E-state index contributed by atoms with van der Waals surface area (Å²) in [5.74, 6) is -0.0224. The fourth-order valence-corrected chi connectivity index (χ4v) is 2.81. The van der Waals surface area contributed by atoms with E-state index in [1.165, 1.54) is 6.92 Å². The number of hydrogen-bond donors (Lipinski definition) is 0. The minimum atomic E-state index is -0.0221. The molecule has 3 heteroatoms. The molecule has 0 N–H and O–H groups in total. The smallest absolute Gasteiger partial charge is 0.195 e. The molecule has 0 aliphatic carbocycles. The molecule has 0 saturated carbocycles. The van der Waals surface area contributed by atoms with Gasteiger partial charge in [-0.05, 0) is 37.6 Å². The molecule has 0 radical (unpaired) electrons. The van der Waals surface area contributed by atoms with E-state index >= 15 is 0 Å². The second kappa shape index (κ2) is 5.17. The monoisotopic (exact) mass is 279 g/mol. The van der Waals surface area contributed by atoms with Crippen molar-refractivity contribution in [3.63, 3.8) is 0 Å². The van der Waals surface area contributed by atoms with E-state index in [0.717, 1.165) is 23.4 Å². The van der Waals surface area contributed by atoms with Crippen molar-refractivity contribution in [3.05, 3.63) is 64.7 Å². The summed E-state index contributed by atoms with van der Waals surface area (Å²) in [6, 6.07) is 13.1. The fraction of sp³-hybridized carbons (Fsp3) is 0.222. The highest BCUT2D eigenvalue weighted by Gasteiger charge is 2.25. The molecule has 106 valence electrons. The standard InChI is InChI=1S/C18H17NO2/c1-3-19-11-14-6-4-5-7-15(14)18(21)16-10-13(12(2)20)8-9-17(16)19/h4-10H,3,11H2,1-2H3. The van der Waals surface area contributed by atoms with E-state index in [1.54, 1.807) is 12.1 Å². The lowest BCUT2D eigenvalue weighted by molar-refractivity contribution is 0.101. The third kappa shape index (κ3) is 2.25. The van der Waals surface area contributed by atoms with E-state index in [2.05, 4.69) is 11.8 Å². The normalized spacial score (nSPS) is 13.4. The highest BCUT2D eigenvalue weighted by atomic mass is 16.1. The van der Waals surface area contributed by atoms with E-state index in [9.17, 15) is 9.59 Å². The van der Waals surface area contributed by atoms with E-state index < -0.39 is 0 Å². The molecule has 1 aliphatic rings. The molecule has 0 aromatic heterocycles. The average Bonchev–Trinajstić information content (AvgIpc) is 2.62. The molecule has 0 bridgehead atoms. The lowest BCUT2D eigenvalue weighted by Gasteiger charge is -2.23. The first-order valence-corrected chi connectivity index (χ1v) is 7.14. The van der Waals surface area contributed by atoms with Crippen LogP contribution in [0, 0.1) is 0 Å². The average molecular weight is 279 g/mol. The zero-order valence-corrected chi connectivity index (χ0v) is 12.2. The van der Waals surface area contributed by atoms with Crippen LogP contribution in [0.4, 0.5) is 5.69 Å². The maximum atomic E-state index is 12.8. The van der Waals surface area contributed by atoms with E-state index in [4.69, 9.17) is 0 Å². The number of fused-ring (bicyclic) bond motifs is 2. The lowest BCUT2D eigenvalue weighted by atomic mass is 9.97. The quantitative estimate of drug-likeness (QED) is 0.790. The number of nitrogens with zero attached hydrogens (tertiary/aromatic N) is 1. The number of hydrogen-bond acceptors (Lipinski definition) is 3. The zero-order valence-electron chi connectivity index (χ0n) is 12.2. The highest BCUT2D eigenvalue weighted by Crippen LogP contribution is 2.31. The van der Waals surface area contributed by atoms with Gasteiger partial charge < -0.3 is 4.90 Å². The van der Waals surface area contributed by atoms with Gasteiger partial charge in [0.05, 0.1) is 0 Å². The summed E-state index contributed by atoms with van der Waals surface area (Å²) in [5.41, 5.74) is 3.87. The number of carbonyl (C=O) groups is 2. The molecule has 0 spiro atoms. The molecule has 0 atom stereocenters. The lowest BCUT2D eigenvalue weighted by Crippen LogP contribution is -2.22. The van der Waals surface area contributed by atoms with Crippen LogP contribution in [-0.4, -0.2) is 18.1 Å². The number of anilines is 1. The van der Waals surface area contributed by atoms with Crippen LogP contribution in [0.15, 0.2) is 42.5 Å². The summed E-state index contributed by atoms with van der Waals surface area (Å²) in [5, 5.41) is 0. The zero-order chi connectivity index (χ0) is 15.0. The van der Waals surface area contributed by atoms with Gasteiger partial charge in [0.2, 0.25) is 0 Å². The van der Waals surface area contributed by atoms with Crippen molar-refractivity contribution in [3.8, 4) is 0 Å². The summed E-state index contributed by atoms with van der Waals surface area (Å²) in [7, 11) is 0. The third-order valence-corrected chi connectivity index (χ3v) is 3.99. The van der Waals surface area contributed by atoms with Crippen molar-refractivity contribution in [1.82, 2.24) is 0 Å². The SMILES string of the molecule is CCN1Cc2ccccc2C(=O)c2cc(C(C)=O)ccc21. The van der Waals surface area contributed by atoms with Gasteiger partial charge in [-0.25, -0.2) is 0 Å². The number of benzene rings is 2. The summed E-state index contributed by atoms with van der Waals surface area (Å²) < 4.78 is 0. The first kappa shape index (κ1) is 13.6. The molecule has 0 fully saturated rings. The molecule has 21 heavy (non-hydrogen) atoms. The Bertz CT molecular complexity index is 734. The maximum absolute atomic E-state index is 12.8. The first-order valence-electron chi connectivity index (χ1n) is 7.14. The van der Waals surface area contributed by atoms with Crippen LogP contribution >= 0.6 is 0 Å². The Kier molecular flexibility index (Phi) is 3.34. The maximum Gasteiger partial charge on any atom is 0.195 e. The molecule has 2 aromatic carbocycles. The number of Topliss-reactive ketones (excluding diaryl/α,β-unsaturated/α-hetero) is 1. The molecule has 1 heterocycles. The molecule has 2 aromatic rings.